The van der Waals surface area contributed by atoms with Crippen molar-refractivity contribution < 1.29 is 9.21 Å². The number of anilines is 1. The van der Waals surface area contributed by atoms with E-state index < -0.39 is 11.9 Å². The fourth-order valence-electron chi connectivity index (χ4n) is 3.63. The quantitative estimate of drug-likeness (QED) is 0.503. The van der Waals surface area contributed by atoms with Crippen molar-refractivity contribution >= 4 is 34.3 Å². The van der Waals surface area contributed by atoms with Gasteiger partial charge >= 0.3 is 0 Å². The molecule has 5 nitrogen and oxygen atoms in total. The third-order valence-corrected chi connectivity index (χ3v) is 5.08. The van der Waals surface area contributed by atoms with Crippen molar-refractivity contribution in [2.75, 3.05) is 4.90 Å². The van der Waals surface area contributed by atoms with Gasteiger partial charge in [-0.2, -0.15) is 0 Å². The van der Waals surface area contributed by atoms with Crippen LogP contribution in [0.2, 0.25) is 5.02 Å². The molecule has 2 aromatic heterocycles. The molecule has 2 aromatic carbocycles. The maximum absolute atomic E-state index is 13.4. The fourth-order valence-corrected chi connectivity index (χ4v) is 3.80. The molecule has 1 aliphatic heterocycles. The van der Waals surface area contributed by atoms with Gasteiger partial charge in [-0.05, 0) is 35.9 Å². The Labute approximate surface area is 164 Å². The molecule has 6 heteroatoms. The maximum atomic E-state index is 13.4. The zero-order valence-corrected chi connectivity index (χ0v) is 15.3. The first-order valence-corrected chi connectivity index (χ1v) is 9.09. The smallest absolute Gasteiger partial charge is 0.296 e. The van der Waals surface area contributed by atoms with E-state index in [1.54, 1.807) is 42.6 Å². The van der Waals surface area contributed by atoms with Crippen LogP contribution in [0.4, 0.5) is 5.82 Å². The number of hydrogen-bond donors (Lipinski definition) is 0. The first kappa shape index (κ1) is 16.7. The van der Waals surface area contributed by atoms with E-state index in [2.05, 4.69) is 4.98 Å². The van der Waals surface area contributed by atoms with Crippen LogP contribution in [0.1, 0.15) is 27.7 Å². The summed E-state index contributed by atoms with van der Waals surface area (Å²) in [7, 11) is 0. The highest BCUT2D eigenvalue weighted by Crippen LogP contribution is 2.40. The minimum atomic E-state index is -0.627. The summed E-state index contributed by atoms with van der Waals surface area (Å²) in [5.74, 6) is 0.102. The van der Waals surface area contributed by atoms with Crippen LogP contribution in [0.15, 0.2) is 82.1 Å². The van der Waals surface area contributed by atoms with Crippen LogP contribution in [-0.2, 0) is 0 Å². The van der Waals surface area contributed by atoms with Crippen LogP contribution in [0.3, 0.4) is 0 Å². The number of benzene rings is 2. The summed E-state index contributed by atoms with van der Waals surface area (Å²) < 4.78 is 5.88. The molecule has 1 atom stereocenters. The minimum absolute atomic E-state index is 0.0410. The number of nitrogens with zero attached hydrogens (tertiary/aromatic N) is 2. The predicted octanol–water partition coefficient (Wildman–Crippen LogP) is 4.59. The number of amides is 1. The number of rotatable bonds is 2. The Morgan fingerprint density at radius 2 is 1.75 bits per heavy atom. The third kappa shape index (κ3) is 2.44. The van der Waals surface area contributed by atoms with Gasteiger partial charge in [-0.25, -0.2) is 4.98 Å². The average Bonchev–Trinajstić information content (AvgIpc) is 3.03. The summed E-state index contributed by atoms with van der Waals surface area (Å²) in [6.07, 6.45) is 1.61. The molecule has 0 bridgehead atoms. The van der Waals surface area contributed by atoms with Gasteiger partial charge in [-0.3, -0.25) is 14.5 Å². The Hall–Kier alpha value is -3.44. The maximum Gasteiger partial charge on any atom is 0.296 e. The Balaban J connectivity index is 1.84. The molecular weight excluding hydrogens is 376 g/mol. The monoisotopic (exact) mass is 388 g/mol. The van der Waals surface area contributed by atoms with Crippen molar-refractivity contribution in [2.45, 2.75) is 6.04 Å². The number of fused-ring (bicyclic) bond motifs is 2. The molecular formula is C22H13ClN2O3. The first-order chi connectivity index (χ1) is 13.6. The second kappa shape index (κ2) is 6.32. The van der Waals surface area contributed by atoms with Crippen LogP contribution in [-0.4, -0.2) is 10.9 Å². The van der Waals surface area contributed by atoms with Crippen molar-refractivity contribution in [3.05, 3.63) is 105 Å². The van der Waals surface area contributed by atoms with Crippen molar-refractivity contribution in [2.24, 2.45) is 0 Å². The lowest BCUT2D eigenvalue weighted by Crippen LogP contribution is -2.30. The van der Waals surface area contributed by atoms with E-state index in [1.807, 2.05) is 30.3 Å². The van der Waals surface area contributed by atoms with Crippen LogP contribution in [0.25, 0.3) is 11.0 Å². The molecule has 4 aromatic rings. The van der Waals surface area contributed by atoms with Crippen molar-refractivity contribution in [1.29, 1.82) is 0 Å². The molecule has 5 rings (SSSR count). The fraction of sp³-hybridized carbons (Fsp3) is 0.0455. The summed E-state index contributed by atoms with van der Waals surface area (Å²) >= 11 is 6.08. The molecule has 0 N–H and O–H groups in total. The average molecular weight is 389 g/mol. The molecule has 3 heterocycles. The molecule has 1 unspecified atom stereocenters. The molecule has 1 aliphatic rings. The second-order valence-electron chi connectivity index (χ2n) is 6.49. The Kier molecular flexibility index (Phi) is 3.77. The van der Waals surface area contributed by atoms with Crippen molar-refractivity contribution in [1.82, 2.24) is 4.98 Å². The van der Waals surface area contributed by atoms with Gasteiger partial charge in [0.2, 0.25) is 5.76 Å². The molecule has 28 heavy (non-hydrogen) atoms. The predicted molar refractivity (Wildman–Crippen MR) is 107 cm³/mol. The topological polar surface area (TPSA) is 63.4 Å². The Morgan fingerprint density at radius 1 is 0.964 bits per heavy atom. The summed E-state index contributed by atoms with van der Waals surface area (Å²) in [6, 6.07) is 18.9. The van der Waals surface area contributed by atoms with Crippen LogP contribution < -0.4 is 10.3 Å². The van der Waals surface area contributed by atoms with Crippen molar-refractivity contribution in [3.63, 3.8) is 0 Å². The standard InChI is InChI=1S/C22H13ClN2O3/c23-14-9-10-16-15(12-14)20(26)18-19(13-6-2-1-3-7-13)25(22(27)21(18)28-16)17-8-4-5-11-24-17/h1-12,19H. The number of aromatic nitrogens is 1. The number of hydrogen-bond acceptors (Lipinski definition) is 4. The van der Waals surface area contributed by atoms with Crippen molar-refractivity contribution in [3.8, 4) is 0 Å². The highest BCUT2D eigenvalue weighted by Gasteiger charge is 2.44. The highest BCUT2D eigenvalue weighted by molar-refractivity contribution is 6.31. The van der Waals surface area contributed by atoms with Gasteiger partial charge in [0, 0.05) is 11.2 Å². The minimum Gasteiger partial charge on any atom is -0.450 e. The molecule has 0 radical (unpaired) electrons. The van der Waals surface area contributed by atoms with E-state index in [9.17, 15) is 9.59 Å². The number of carbonyl (C=O) groups is 1. The molecule has 136 valence electrons. The number of halogens is 1. The Bertz CT molecular complexity index is 1270. The lowest BCUT2D eigenvalue weighted by molar-refractivity contribution is 0.0970. The molecule has 0 saturated carbocycles. The van der Waals surface area contributed by atoms with E-state index in [0.29, 0.717) is 27.4 Å². The SMILES string of the molecule is O=C1c2oc3ccc(Cl)cc3c(=O)c2C(c2ccccc2)N1c1ccccn1. The number of pyridine rings is 1. The zero-order valence-electron chi connectivity index (χ0n) is 14.5. The van der Waals surface area contributed by atoms with Gasteiger partial charge in [0.1, 0.15) is 11.4 Å². The van der Waals surface area contributed by atoms with Gasteiger partial charge < -0.3 is 4.42 Å². The first-order valence-electron chi connectivity index (χ1n) is 8.71. The van der Waals surface area contributed by atoms with Gasteiger partial charge in [0.15, 0.2) is 5.43 Å². The van der Waals surface area contributed by atoms with Gasteiger partial charge in [-0.15, -0.1) is 0 Å². The molecule has 0 aliphatic carbocycles. The summed E-state index contributed by atoms with van der Waals surface area (Å²) in [4.78, 5) is 32.5. The van der Waals surface area contributed by atoms with E-state index in [4.69, 9.17) is 16.0 Å². The second-order valence-corrected chi connectivity index (χ2v) is 6.93. The normalized spacial score (nSPS) is 15.8. The van der Waals surface area contributed by atoms with Crippen LogP contribution >= 0.6 is 11.6 Å². The largest absolute Gasteiger partial charge is 0.450 e. The van der Waals surface area contributed by atoms with E-state index in [0.717, 1.165) is 5.56 Å². The molecule has 0 saturated heterocycles. The summed E-state index contributed by atoms with van der Waals surface area (Å²) in [5.41, 5.74) is 1.17. The van der Waals surface area contributed by atoms with Crippen LogP contribution in [0.5, 0.6) is 0 Å². The van der Waals surface area contributed by atoms with Crippen LogP contribution in [0, 0.1) is 0 Å². The molecule has 1 amide bonds. The summed E-state index contributed by atoms with van der Waals surface area (Å²) in [5, 5.41) is 0.782. The number of carbonyl (C=O) groups excluding carboxylic acids is 1. The molecule has 0 fully saturated rings. The third-order valence-electron chi connectivity index (χ3n) is 4.84. The molecule has 0 spiro atoms. The lowest BCUT2D eigenvalue weighted by Gasteiger charge is -2.24. The lowest BCUT2D eigenvalue weighted by atomic mass is 9.98. The van der Waals surface area contributed by atoms with E-state index in [1.165, 1.54) is 4.90 Å². The zero-order chi connectivity index (χ0) is 19.3. The van der Waals surface area contributed by atoms with Gasteiger partial charge in [-0.1, -0.05) is 48.0 Å². The highest BCUT2D eigenvalue weighted by atomic mass is 35.5. The van der Waals surface area contributed by atoms with E-state index >= 15 is 0 Å². The van der Waals surface area contributed by atoms with Gasteiger partial charge in [0.25, 0.3) is 5.91 Å². The summed E-state index contributed by atoms with van der Waals surface area (Å²) in [6.45, 7) is 0. The van der Waals surface area contributed by atoms with E-state index in [-0.39, 0.29) is 11.2 Å². The van der Waals surface area contributed by atoms with Gasteiger partial charge in [0.05, 0.1) is 17.0 Å². The Morgan fingerprint density at radius 3 is 2.50 bits per heavy atom.